The molecule has 1 amide bonds. The highest BCUT2D eigenvalue weighted by Crippen LogP contribution is 2.13. The Hall–Kier alpha value is -4.11. The smallest absolute Gasteiger partial charge is 0.341 e. The van der Waals surface area contributed by atoms with E-state index in [-0.39, 0.29) is 34.7 Å². The molecular weight excluding hydrogens is 472 g/mol. The van der Waals surface area contributed by atoms with E-state index in [1.54, 1.807) is 48.0 Å². The summed E-state index contributed by atoms with van der Waals surface area (Å²) in [7, 11) is 0. The first-order chi connectivity index (χ1) is 17.8. The van der Waals surface area contributed by atoms with Crippen molar-refractivity contribution in [3.05, 3.63) is 87.3 Å². The lowest BCUT2D eigenvalue weighted by Gasteiger charge is -2.15. The lowest BCUT2D eigenvalue weighted by molar-refractivity contribution is 0.0523. The van der Waals surface area contributed by atoms with Crippen molar-refractivity contribution in [2.24, 2.45) is 4.99 Å². The van der Waals surface area contributed by atoms with Gasteiger partial charge < -0.3 is 14.0 Å². The van der Waals surface area contributed by atoms with Gasteiger partial charge in [-0.05, 0) is 64.4 Å². The number of carbonyl (C=O) groups is 2. The fourth-order valence-corrected chi connectivity index (χ4v) is 3.97. The van der Waals surface area contributed by atoms with Gasteiger partial charge in [-0.1, -0.05) is 23.8 Å². The van der Waals surface area contributed by atoms with Crippen LogP contribution in [0.15, 0.2) is 64.5 Å². The number of rotatable bonds is 8. The molecule has 0 N–H and O–H groups in total. The Bertz CT molecular complexity index is 1580. The molecule has 0 unspecified atom stereocenters. The third-order valence-electron chi connectivity index (χ3n) is 5.77. The van der Waals surface area contributed by atoms with E-state index in [0.29, 0.717) is 36.4 Å². The molecule has 0 aliphatic carbocycles. The van der Waals surface area contributed by atoms with Crippen molar-refractivity contribution in [1.29, 1.82) is 0 Å². The van der Waals surface area contributed by atoms with Crippen molar-refractivity contribution < 1.29 is 19.1 Å². The van der Waals surface area contributed by atoms with Gasteiger partial charge in [-0.15, -0.1) is 0 Å². The van der Waals surface area contributed by atoms with Gasteiger partial charge in [-0.25, -0.2) is 9.78 Å². The highest BCUT2D eigenvalue weighted by atomic mass is 16.5. The van der Waals surface area contributed by atoms with Crippen molar-refractivity contribution >= 4 is 28.6 Å². The summed E-state index contributed by atoms with van der Waals surface area (Å²) in [6, 6.07) is 13.7. The van der Waals surface area contributed by atoms with Crippen LogP contribution in [0.4, 0.5) is 0 Å². The maximum atomic E-state index is 13.4. The van der Waals surface area contributed by atoms with Crippen LogP contribution >= 0.6 is 0 Å². The van der Waals surface area contributed by atoms with E-state index in [0.717, 1.165) is 5.56 Å². The molecule has 1 aromatic carbocycles. The van der Waals surface area contributed by atoms with Crippen LogP contribution in [-0.2, 0) is 16.0 Å². The number of carbonyl (C=O) groups excluding carboxylic acids is 2. The van der Waals surface area contributed by atoms with Crippen molar-refractivity contribution in [2.75, 3.05) is 13.2 Å². The Kier molecular flexibility index (Phi) is 7.93. The number of amides is 1. The second-order valence-corrected chi connectivity index (χ2v) is 8.89. The van der Waals surface area contributed by atoms with Gasteiger partial charge in [0, 0.05) is 24.9 Å². The Morgan fingerprint density at radius 2 is 1.86 bits per heavy atom. The van der Waals surface area contributed by atoms with E-state index in [4.69, 9.17) is 14.5 Å². The number of benzene rings is 1. The molecular formula is C28H30N4O5. The molecule has 0 saturated carbocycles. The van der Waals surface area contributed by atoms with Gasteiger partial charge in [0.05, 0.1) is 18.1 Å². The molecule has 0 aliphatic rings. The molecule has 4 aromatic rings. The van der Waals surface area contributed by atoms with E-state index in [1.165, 1.54) is 10.5 Å². The quantitative estimate of drug-likeness (QED) is 0.207. The molecule has 3 aromatic heterocycles. The average Bonchev–Trinajstić information content (AvgIpc) is 2.88. The van der Waals surface area contributed by atoms with Crippen LogP contribution in [0.2, 0.25) is 0 Å². The molecule has 0 spiro atoms. The van der Waals surface area contributed by atoms with E-state index in [1.807, 2.05) is 32.9 Å². The van der Waals surface area contributed by atoms with E-state index in [2.05, 4.69) is 4.99 Å². The van der Waals surface area contributed by atoms with E-state index < -0.39 is 11.9 Å². The summed E-state index contributed by atoms with van der Waals surface area (Å²) in [5.41, 5.74) is 1.92. The number of aromatic nitrogens is 3. The Balaban J connectivity index is 2.02. The second kappa shape index (κ2) is 11.3. The van der Waals surface area contributed by atoms with Gasteiger partial charge in [0.2, 0.25) is 0 Å². The summed E-state index contributed by atoms with van der Waals surface area (Å²) in [5.74, 6) is -1.20. The van der Waals surface area contributed by atoms with Crippen LogP contribution in [0, 0.1) is 6.92 Å². The molecule has 9 nitrogen and oxygen atoms in total. The zero-order valence-electron chi connectivity index (χ0n) is 21.4. The number of esters is 1. The first-order valence-electron chi connectivity index (χ1n) is 12.3. The minimum absolute atomic E-state index is 0.0226. The highest BCUT2D eigenvalue weighted by Gasteiger charge is 2.20. The van der Waals surface area contributed by atoms with Gasteiger partial charge in [-0.3, -0.25) is 14.0 Å². The zero-order valence-corrected chi connectivity index (χ0v) is 21.4. The lowest BCUT2D eigenvalue weighted by Crippen LogP contribution is -2.33. The van der Waals surface area contributed by atoms with E-state index >= 15 is 0 Å². The maximum Gasteiger partial charge on any atom is 0.341 e. The minimum Gasteiger partial charge on any atom is -0.462 e. The first-order valence-corrected chi connectivity index (χ1v) is 12.3. The summed E-state index contributed by atoms with van der Waals surface area (Å²) in [4.78, 5) is 48.8. The predicted octanol–water partition coefficient (Wildman–Crippen LogP) is 3.69. The largest absolute Gasteiger partial charge is 0.462 e. The zero-order chi connectivity index (χ0) is 26.5. The monoisotopic (exact) mass is 502 g/mol. The number of fused-ring (bicyclic) bond motifs is 2. The number of pyridine rings is 2. The second-order valence-electron chi connectivity index (χ2n) is 8.89. The van der Waals surface area contributed by atoms with Gasteiger partial charge in [0.25, 0.3) is 11.5 Å². The number of nitrogens with zero attached hydrogens (tertiary/aromatic N) is 4. The molecule has 37 heavy (non-hydrogen) atoms. The third-order valence-corrected chi connectivity index (χ3v) is 5.77. The SMILES string of the molecule is CCOC(=O)c1cc2c(=O)n3ccccc3nc2n(CCCOC(C)C)c1=NC(=O)c1ccc(C)cc1. The molecule has 0 atom stereocenters. The molecule has 0 radical (unpaired) electrons. The van der Waals surface area contributed by atoms with Gasteiger partial charge in [0.15, 0.2) is 5.49 Å². The molecule has 0 fully saturated rings. The highest BCUT2D eigenvalue weighted by molar-refractivity contribution is 5.97. The number of ether oxygens (including phenoxy) is 2. The average molecular weight is 503 g/mol. The van der Waals surface area contributed by atoms with Crippen molar-refractivity contribution in [3.8, 4) is 0 Å². The minimum atomic E-state index is -0.676. The normalized spacial score (nSPS) is 12.0. The summed E-state index contributed by atoms with van der Waals surface area (Å²) in [5, 5.41) is 0.221. The van der Waals surface area contributed by atoms with Crippen molar-refractivity contribution in [1.82, 2.24) is 14.0 Å². The molecule has 3 heterocycles. The van der Waals surface area contributed by atoms with Crippen molar-refractivity contribution in [2.45, 2.75) is 46.8 Å². The molecule has 0 saturated heterocycles. The summed E-state index contributed by atoms with van der Waals surface area (Å²) < 4.78 is 14.0. The number of hydrogen-bond acceptors (Lipinski definition) is 6. The lowest BCUT2D eigenvalue weighted by atomic mass is 10.1. The van der Waals surface area contributed by atoms with Gasteiger partial charge in [0.1, 0.15) is 16.9 Å². The number of hydrogen-bond donors (Lipinski definition) is 0. The van der Waals surface area contributed by atoms with Crippen LogP contribution < -0.4 is 11.0 Å². The molecule has 192 valence electrons. The predicted molar refractivity (Wildman–Crippen MR) is 140 cm³/mol. The van der Waals surface area contributed by atoms with Crippen LogP contribution in [0.25, 0.3) is 16.7 Å². The van der Waals surface area contributed by atoms with Crippen LogP contribution in [0.5, 0.6) is 0 Å². The number of aryl methyl sites for hydroxylation is 2. The Labute approximate surface area is 214 Å². The van der Waals surface area contributed by atoms with Gasteiger partial charge in [-0.2, -0.15) is 4.99 Å². The summed E-state index contributed by atoms with van der Waals surface area (Å²) in [6.45, 7) is 8.38. The summed E-state index contributed by atoms with van der Waals surface area (Å²) >= 11 is 0. The topological polar surface area (TPSA) is 104 Å². The molecule has 0 bridgehead atoms. The van der Waals surface area contributed by atoms with Crippen LogP contribution in [0.1, 0.15) is 53.5 Å². The van der Waals surface area contributed by atoms with E-state index in [9.17, 15) is 14.4 Å². The van der Waals surface area contributed by atoms with Gasteiger partial charge >= 0.3 is 5.97 Å². The Morgan fingerprint density at radius 3 is 2.57 bits per heavy atom. The third kappa shape index (κ3) is 5.67. The molecule has 4 rings (SSSR count). The van der Waals surface area contributed by atoms with Crippen LogP contribution in [0.3, 0.4) is 0 Å². The fraction of sp³-hybridized carbons (Fsp3) is 0.321. The molecule has 9 heteroatoms. The van der Waals surface area contributed by atoms with Crippen LogP contribution in [-0.4, -0.2) is 45.1 Å². The standard InChI is InChI=1S/C28H30N4O5/c1-5-36-28(35)22-17-21-24(29-23-9-6-7-14-31(23)27(21)34)32(15-8-16-37-18(2)3)25(22)30-26(33)20-12-10-19(4)11-13-20/h6-7,9-14,17-18H,5,8,15-16H2,1-4H3. The maximum absolute atomic E-state index is 13.4. The molecule has 0 aliphatic heterocycles. The van der Waals surface area contributed by atoms with Crippen molar-refractivity contribution in [3.63, 3.8) is 0 Å². The summed E-state index contributed by atoms with van der Waals surface area (Å²) in [6.07, 6.45) is 2.21. The fourth-order valence-electron chi connectivity index (χ4n) is 3.97. The first kappa shape index (κ1) is 26.0. The Morgan fingerprint density at radius 1 is 1.11 bits per heavy atom.